The van der Waals surface area contributed by atoms with Crippen LogP contribution in [0.4, 0.5) is 0 Å². The number of esters is 1. The normalized spacial score (nSPS) is 9.62. The number of nitriles is 1. The van der Waals surface area contributed by atoms with Crippen LogP contribution in [0.5, 0.6) is 0 Å². The highest BCUT2D eigenvalue weighted by Gasteiger charge is 2.11. The maximum atomic E-state index is 11.4. The second-order valence-corrected chi connectivity index (χ2v) is 4.60. The smallest absolute Gasteiger partial charge is 0.310 e. The minimum absolute atomic E-state index is 0.161. The van der Waals surface area contributed by atoms with Crippen LogP contribution in [0.1, 0.15) is 23.6 Å². The van der Waals surface area contributed by atoms with Gasteiger partial charge in [-0.1, -0.05) is 0 Å². The largest absolute Gasteiger partial charge is 0.466 e. The van der Waals surface area contributed by atoms with Gasteiger partial charge < -0.3 is 4.74 Å². The molecule has 1 aromatic carbocycles. The highest BCUT2D eigenvalue weighted by molar-refractivity contribution is 14.1. The molecule has 0 atom stereocenters. The van der Waals surface area contributed by atoms with E-state index in [0.29, 0.717) is 12.2 Å². The zero-order chi connectivity index (χ0) is 12.1. The monoisotopic (exact) mass is 329 g/mol. The summed E-state index contributed by atoms with van der Waals surface area (Å²) < 4.78 is 5.90. The van der Waals surface area contributed by atoms with Crippen molar-refractivity contribution in [3.63, 3.8) is 0 Å². The summed E-state index contributed by atoms with van der Waals surface area (Å²) in [5.41, 5.74) is 2.22. The van der Waals surface area contributed by atoms with Gasteiger partial charge in [0.05, 0.1) is 24.7 Å². The first-order valence-electron chi connectivity index (χ1n) is 4.93. The topological polar surface area (TPSA) is 50.1 Å². The lowest BCUT2D eigenvalue weighted by Crippen LogP contribution is -2.09. The van der Waals surface area contributed by atoms with E-state index >= 15 is 0 Å². The molecule has 0 aliphatic heterocycles. The predicted molar refractivity (Wildman–Crippen MR) is 68.9 cm³/mol. The van der Waals surface area contributed by atoms with Gasteiger partial charge in [-0.05, 0) is 59.7 Å². The third-order valence-corrected chi connectivity index (χ3v) is 2.76. The van der Waals surface area contributed by atoms with Crippen LogP contribution in [0, 0.1) is 21.8 Å². The molecule has 0 radical (unpaired) electrons. The Kier molecular flexibility index (Phi) is 4.74. The number of halogens is 1. The van der Waals surface area contributed by atoms with Crippen molar-refractivity contribution in [3.8, 4) is 6.07 Å². The Morgan fingerprint density at radius 2 is 2.25 bits per heavy atom. The second kappa shape index (κ2) is 5.85. The number of carbonyl (C=O) groups is 1. The van der Waals surface area contributed by atoms with Crippen molar-refractivity contribution >= 4 is 28.6 Å². The maximum Gasteiger partial charge on any atom is 0.310 e. The molecule has 4 heteroatoms. The fourth-order valence-corrected chi connectivity index (χ4v) is 2.32. The Morgan fingerprint density at radius 3 is 2.81 bits per heavy atom. The van der Waals surface area contributed by atoms with Gasteiger partial charge >= 0.3 is 5.97 Å². The van der Waals surface area contributed by atoms with Crippen LogP contribution in [-0.4, -0.2) is 12.6 Å². The first-order valence-corrected chi connectivity index (χ1v) is 6.01. The summed E-state index contributed by atoms with van der Waals surface area (Å²) in [5.74, 6) is -0.291. The molecular formula is C12H12INO2. The van der Waals surface area contributed by atoms with E-state index in [1.54, 1.807) is 6.92 Å². The molecule has 16 heavy (non-hydrogen) atoms. The fraction of sp³-hybridized carbons (Fsp3) is 0.333. The van der Waals surface area contributed by atoms with Gasteiger partial charge in [-0.25, -0.2) is 0 Å². The van der Waals surface area contributed by atoms with Gasteiger partial charge in [-0.15, -0.1) is 0 Å². The van der Waals surface area contributed by atoms with E-state index in [2.05, 4.69) is 28.7 Å². The van der Waals surface area contributed by atoms with E-state index in [-0.39, 0.29) is 12.4 Å². The van der Waals surface area contributed by atoms with Crippen LogP contribution in [0.25, 0.3) is 0 Å². The minimum Gasteiger partial charge on any atom is -0.466 e. The number of aryl methyl sites for hydroxylation is 1. The van der Waals surface area contributed by atoms with Crippen LogP contribution < -0.4 is 0 Å². The average Bonchev–Trinajstić information content (AvgIpc) is 2.17. The summed E-state index contributed by atoms with van der Waals surface area (Å²) >= 11 is 2.17. The Hall–Kier alpha value is -1.09. The molecule has 3 nitrogen and oxygen atoms in total. The summed E-state index contributed by atoms with van der Waals surface area (Å²) in [7, 11) is 0. The first-order chi connectivity index (χ1) is 7.58. The van der Waals surface area contributed by atoms with Crippen molar-refractivity contribution in [3.05, 3.63) is 32.4 Å². The van der Waals surface area contributed by atoms with Crippen LogP contribution in [0.15, 0.2) is 12.1 Å². The molecule has 1 rings (SSSR count). The number of benzene rings is 1. The average molecular weight is 329 g/mol. The van der Waals surface area contributed by atoms with Crippen molar-refractivity contribution in [2.45, 2.75) is 20.3 Å². The minimum atomic E-state index is -0.291. The molecule has 0 aliphatic rings. The molecule has 0 saturated heterocycles. The maximum absolute atomic E-state index is 11.4. The van der Waals surface area contributed by atoms with Crippen LogP contribution in [0.3, 0.4) is 0 Å². The predicted octanol–water partition coefficient (Wildman–Crippen LogP) is 2.58. The Morgan fingerprint density at radius 1 is 1.56 bits per heavy atom. The quantitative estimate of drug-likeness (QED) is 0.633. The molecule has 0 aliphatic carbocycles. The van der Waals surface area contributed by atoms with Crippen molar-refractivity contribution in [2.75, 3.05) is 6.61 Å². The molecular weight excluding hydrogens is 317 g/mol. The lowest BCUT2D eigenvalue weighted by atomic mass is 10.0. The first kappa shape index (κ1) is 13.0. The molecule has 84 valence electrons. The van der Waals surface area contributed by atoms with Crippen LogP contribution in [0.2, 0.25) is 0 Å². The van der Waals surface area contributed by atoms with Gasteiger partial charge in [-0.3, -0.25) is 4.79 Å². The number of rotatable bonds is 3. The standard InChI is InChI=1S/C12H12INO2/c1-3-16-12(15)6-9-5-10(13)4-8(2)11(9)7-14/h4-5H,3,6H2,1-2H3. The second-order valence-electron chi connectivity index (χ2n) is 3.35. The Labute approximate surface area is 109 Å². The van der Waals surface area contributed by atoms with Crippen molar-refractivity contribution in [1.82, 2.24) is 0 Å². The molecule has 0 amide bonds. The van der Waals surface area contributed by atoms with E-state index in [1.807, 2.05) is 19.1 Å². The lowest BCUT2D eigenvalue weighted by molar-refractivity contribution is -0.142. The molecule has 0 fully saturated rings. The van der Waals surface area contributed by atoms with Gasteiger partial charge in [0.15, 0.2) is 0 Å². The Bertz CT molecular complexity index is 449. The molecule has 0 aromatic heterocycles. The van der Waals surface area contributed by atoms with Crippen molar-refractivity contribution < 1.29 is 9.53 Å². The summed E-state index contributed by atoms with van der Waals surface area (Å²) in [6.45, 7) is 4.00. The van der Waals surface area contributed by atoms with Gasteiger partial charge in [0.25, 0.3) is 0 Å². The SMILES string of the molecule is CCOC(=O)Cc1cc(I)cc(C)c1C#N. The number of hydrogen-bond acceptors (Lipinski definition) is 3. The van der Waals surface area contributed by atoms with E-state index in [9.17, 15) is 4.79 Å². The van der Waals surface area contributed by atoms with Crippen LogP contribution >= 0.6 is 22.6 Å². The number of ether oxygens (including phenoxy) is 1. The number of hydrogen-bond donors (Lipinski definition) is 0. The third kappa shape index (κ3) is 3.20. The summed E-state index contributed by atoms with van der Waals surface area (Å²) in [5, 5.41) is 9.03. The summed E-state index contributed by atoms with van der Waals surface area (Å²) in [6.07, 6.45) is 0.161. The zero-order valence-electron chi connectivity index (χ0n) is 9.21. The molecule has 0 heterocycles. The van der Waals surface area contributed by atoms with Gasteiger partial charge in [0.1, 0.15) is 0 Å². The molecule has 1 aromatic rings. The molecule has 0 spiro atoms. The van der Waals surface area contributed by atoms with E-state index in [0.717, 1.165) is 14.7 Å². The third-order valence-electron chi connectivity index (χ3n) is 2.13. The molecule has 0 N–H and O–H groups in total. The van der Waals surface area contributed by atoms with Gasteiger partial charge in [-0.2, -0.15) is 5.26 Å². The molecule has 0 bridgehead atoms. The van der Waals surface area contributed by atoms with Crippen molar-refractivity contribution in [2.24, 2.45) is 0 Å². The number of nitrogens with zero attached hydrogens (tertiary/aromatic N) is 1. The Balaban J connectivity index is 3.04. The summed E-state index contributed by atoms with van der Waals surface area (Å²) in [4.78, 5) is 11.4. The van der Waals surface area contributed by atoms with Crippen molar-refractivity contribution in [1.29, 1.82) is 5.26 Å². The van der Waals surface area contributed by atoms with Gasteiger partial charge in [0.2, 0.25) is 0 Å². The summed E-state index contributed by atoms with van der Waals surface area (Å²) in [6, 6.07) is 5.90. The van der Waals surface area contributed by atoms with E-state index < -0.39 is 0 Å². The van der Waals surface area contributed by atoms with E-state index in [1.165, 1.54) is 0 Å². The highest BCUT2D eigenvalue weighted by Crippen LogP contribution is 2.18. The van der Waals surface area contributed by atoms with Gasteiger partial charge in [0, 0.05) is 3.57 Å². The lowest BCUT2D eigenvalue weighted by Gasteiger charge is -2.07. The zero-order valence-corrected chi connectivity index (χ0v) is 11.4. The highest BCUT2D eigenvalue weighted by atomic mass is 127. The van der Waals surface area contributed by atoms with E-state index in [4.69, 9.17) is 10.00 Å². The molecule has 0 unspecified atom stereocenters. The molecule has 0 saturated carbocycles. The van der Waals surface area contributed by atoms with Crippen LogP contribution in [-0.2, 0) is 16.0 Å². The fourth-order valence-electron chi connectivity index (χ4n) is 1.48. The number of carbonyl (C=O) groups excluding carboxylic acids is 1.